The molecule has 0 unspecified atom stereocenters. The Bertz CT molecular complexity index is 399. The van der Waals surface area contributed by atoms with E-state index in [1.807, 2.05) is 0 Å². The molecule has 0 rings (SSSR count). The molecule has 0 heterocycles. The molecule has 0 spiro atoms. The predicted octanol–water partition coefficient (Wildman–Crippen LogP) is -2.07. The molecule has 0 amide bonds. The summed E-state index contributed by atoms with van der Waals surface area (Å²) in [4.78, 5) is 63.1. The van der Waals surface area contributed by atoms with E-state index in [1.165, 1.54) is 0 Å². The molecule has 122 valence electrons. The fraction of sp³-hybridized carbons (Fsp3) is 0.250. The summed E-state index contributed by atoms with van der Waals surface area (Å²) in [6.45, 7) is 1.68. The SMILES string of the molecule is CC(=O)OC(=O)OC(=O)C(=O)OC(=O)OC(C)=O.N.N.[CaH2].[CaH2]. The molecule has 0 bridgehead atoms. The molecule has 0 saturated carbocycles. The van der Waals surface area contributed by atoms with E-state index in [4.69, 9.17) is 0 Å². The number of carbonyl (C=O) groups is 6. The van der Waals surface area contributed by atoms with Crippen molar-refractivity contribution in [1.82, 2.24) is 12.3 Å². The first-order chi connectivity index (χ1) is 8.22. The molecule has 0 saturated heterocycles. The van der Waals surface area contributed by atoms with Gasteiger partial charge in [-0.2, -0.15) is 0 Å². The first-order valence-corrected chi connectivity index (χ1v) is 4.11. The van der Waals surface area contributed by atoms with E-state index in [1.54, 1.807) is 0 Å². The molecule has 14 heteroatoms. The van der Waals surface area contributed by atoms with Crippen LogP contribution in [0, 0.1) is 0 Å². The van der Waals surface area contributed by atoms with Crippen LogP contribution < -0.4 is 12.3 Å². The van der Waals surface area contributed by atoms with Gasteiger partial charge in [-0.25, -0.2) is 19.2 Å². The second-order valence-electron chi connectivity index (χ2n) is 2.47. The number of rotatable bonds is 0. The fourth-order valence-electron chi connectivity index (χ4n) is 0.511. The van der Waals surface area contributed by atoms with E-state index in [9.17, 15) is 28.8 Å². The number of esters is 4. The van der Waals surface area contributed by atoms with Crippen molar-refractivity contribution in [2.75, 3.05) is 0 Å². The molecule has 6 N–H and O–H groups in total. The summed E-state index contributed by atoms with van der Waals surface area (Å²) < 4.78 is 14.8. The average molecular weight is 380 g/mol. The topological polar surface area (TPSA) is 209 Å². The molecule has 0 aromatic heterocycles. The second-order valence-corrected chi connectivity index (χ2v) is 2.47. The zero-order valence-electron chi connectivity index (χ0n) is 10.5. The Balaban J connectivity index is -0.000000241. The predicted molar refractivity (Wildman–Crippen MR) is 73.6 cm³/mol. The number of hydrogen-bond donors (Lipinski definition) is 2. The molecule has 0 aliphatic carbocycles. The third kappa shape index (κ3) is 17.7. The fourth-order valence-corrected chi connectivity index (χ4v) is 0.511. The van der Waals surface area contributed by atoms with Crippen molar-refractivity contribution in [2.24, 2.45) is 0 Å². The second kappa shape index (κ2) is 17.0. The molecular formula is C8H16Ca2N2O10. The van der Waals surface area contributed by atoms with Crippen LogP contribution in [-0.2, 0) is 38.1 Å². The van der Waals surface area contributed by atoms with E-state index in [0.29, 0.717) is 0 Å². The number of hydrogen-bond acceptors (Lipinski definition) is 12. The van der Waals surface area contributed by atoms with Crippen LogP contribution in [0.3, 0.4) is 0 Å². The van der Waals surface area contributed by atoms with Crippen molar-refractivity contribution in [3.05, 3.63) is 0 Å². The minimum absolute atomic E-state index is 0. The van der Waals surface area contributed by atoms with E-state index in [2.05, 4.69) is 18.9 Å². The summed E-state index contributed by atoms with van der Waals surface area (Å²) in [5.74, 6) is -6.03. The van der Waals surface area contributed by atoms with Gasteiger partial charge in [-0.3, -0.25) is 9.59 Å². The quantitative estimate of drug-likeness (QED) is 0.201. The number of ether oxygens (including phenoxy) is 4. The summed E-state index contributed by atoms with van der Waals surface area (Å²) in [6, 6.07) is 0. The van der Waals surface area contributed by atoms with Crippen LogP contribution >= 0.6 is 0 Å². The molecule has 0 fully saturated rings. The third-order valence-corrected chi connectivity index (χ3v) is 0.973. The maximum atomic E-state index is 10.8. The summed E-state index contributed by atoms with van der Waals surface area (Å²) in [7, 11) is 0. The zero-order valence-corrected chi connectivity index (χ0v) is 10.5. The zero-order chi connectivity index (χ0) is 14.3. The Hall–Kier alpha value is -0.341. The molecule has 0 radical (unpaired) electrons. The van der Waals surface area contributed by atoms with Crippen LogP contribution in [0.2, 0.25) is 0 Å². The first kappa shape index (κ1) is 33.3. The van der Waals surface area contributed by atoms with Crippen LogP contribution in [0.15, 0.2) is 0 Å². The van der Waals surface area contributed by atoms with Crippen molar-refractivity contribution >= 4 is 112 Å². The van der Waals surface area contributed by atoms with Gasteiger partial charge in [0.2, 0.25) is 0 Å². The van der Waals surface area contributed by atoms with Gasteiger partial charge in [-0.15, -0.1) is 0 Å². The van der Waals surface area contributed by atoms with Crippen molar-refractivity contribution in [3.63, 3.8) is 0 Å². The molecule has 22 heavy (non-hydrogen) atoms. The maximum absolute atomic E-state index is 10.8. The Morgan fingerprint density at radius 1 is 0.545 bits per heavy atom. The minimum atomic E-state index is -1.93. The monoisotopic (exact) mass is 380 g/mol. The van der Waals surface area contributed by atoms with Crippen LogP contribution in [-0.4, -0.2) is 112 Å². The molecule has 12 nitrogen and oxygen atoms in total. The molecule has 0 atom stereocenters. The van der Waals surface area contributed by atoms with Gasteiger partial charge in [0.25, 0.3) is 0 Å². The van der Waals surface area contributed by atoms with Crippen LogP contribution in [0.25, 0.3) is 0 Å². The van der Waals surface area contributed by atoms with Gasteiger partial charge in [0.15, 0.2) is 0 Å². The van der Waals surface area contributed by atoms with Gasteiger partial charge in [-0.05, 0) is 0 Å². The van der Waals surface area contributed by atoms with Crippen molar-refractivity contribution in [3.8, 4) is 0 Å². The van der Waals surface area contributed by atoms with Gasteiger partial charge in [0.1, 0.15) is 0 Å². The van der Waals surface area contributed by atoms with Crippen molar-refractivity contribution < 1.29 is 47.7 Å². The molecule has 0 aliphatic heterocycles. The standard InChI is InChI=1S/C8H6O10.2Ca.2H3N.4H/c1-3(9)15-7(13)17-5(11)6(12)18-8(14)16-4(2)10;;;;;;;;/h1-2H3;;;2*1H3;;;;. The van der Waals surface area contributed by atoms with Crippen molar-refractivity contribution in [1.29, 1.82) is 0 Å². The Morgan fingerprint density at radius 2 is 0.773 bits per heavy atom. The Kier molecular flexibility index (Phi) is 25.8. The Morgan fingerprint density at radius 3 is 0.955 bits per heavy atom. The third-order valence-electron chi connectivity index (χ3n) is 0.973. The summed E-state index contributed by atoms with van der Waals surface area (Å²) in [5.41, 5.74) is 0. The molecule has 0 aliphatic rings. The Labute approximate surface area is 183 Å². The van der Waals surface area contributed by atoms with E-state index >= 15 is 0 Å². The van der Waals surface area contributed by atoms with E-state index < -0.39 is 36.2 Å². The summed E-state index contributed by atoms with van der Waals surface area (Å²) in [6.07, 6.45) is -3.55. The van der Waals surface area contributed by atoms with Gasteiger partial charge in [0.05, 0.1) is 0 Å². The average Bonchev–Trinajstić information content (AvgIpc) is 2.13. The first-order valence-electron chi connectivity index (χ1n) is 4.11. The van der Waals surface area contributed by atoms with Crippen molar-refractivity contribution in [2.45, 2.75) is 13.8 Å². The van der Waals surface area contributed by atoms with Gasteiger partial charge in [0, 0.05) is 13.8 Å². The van der Waals surface area contributed by atoms with Gasteiger partial charge >= 0.3 is 112 Å². The van der Waals surface area contributed by atoms with Gasteiger partial charge in [-0.1, -0.05) is 0 Å². The van der Waals surface area contributed by atoms with Crippen LogP contribution in [0.4, 0.5) is 9.59 Å². The molecule has 0 aromatic rings. The normalized spacial score (nSPS) is 7.18. The van der Waals surface area contributed by atoms with E-state index in [0.717, 1.165) is 13.8 Å². The summed E-state index contributed by atoms with van der Waals surface area (Å²) >= 11 is 0. The van der Waals surface area contributed by atoms with Crippen LogP contribution in [0.1, 0.15) is 13.8 Å². The number of carbonyl (C=O) groups excluding carboxylic acids is 6. The van der Waals surface area contributed by atoms with Crippen LogP contribution in [0.5, 0.6) is 0 Å². The molecular weight excluding hydrogens is 364 g/mol. The molecule has 0 aromatic carbocycles. The summed E-state index contributed by atoms with van der Waals surface area (Å²) in [5, 5.41) is 0. The van der Waals surface area contributed by atoms with E-state index in [-0.39, 0.29) is 87.8 Å². The van der Waals surface area contributed by atoms with Gasteiger partial charge < -0.3 is 31.2 Å².